The molecule has 1 fully saturated rings. The number of nitrogens with one attached hydrogen (secondary N) is 1. The van der Waals surface area contributed by atoms with Crippen molar-refractivity contribution in [2.75, 3.05) is 26.8 Å². The van der Waals surface area contributed by atoms with E-state index < -0.39 is 5.97 Å². The molecule has 0 spiro atoms. The first-order chi connectivity index (χ1) is 13.1. The average molecular weight is 376 g/mol. The third-order valence-corrected chi connectivity index (χ3v) is 5.15. The molecular weight excluding hydrogens is 344 g/mol. The van der Waals surface area contributed by atoms with Gasteiger partial charge in [0.15, 0.2) is 0 Å². The molecule has 1 aliphatic rings. The van der Waals surface area contributed by atoms with Gasteiger partial charge in [-0.2, -0.15) is 0 Å². The smallest absolute Gasteiger partial charge is 0.317 e. The van der Waals surface area contributed by atoms with Crippen LogP contribution in [-0.2, 0) is 16.0 Å². The number of likely N-dealkylation sites (tertiary alicyclic amines) is 1. The van der Waals surface area contributed by atoms with Crippen LogP contribution < -0.4 is 5.32 Å². The highest BCUT2D eigenvalue weighted by molar-refractivity contribution is 5.74. The minimum atomic E-state index is -0.836. The molecule has 2 unspecified atom stereocenters. The van der Waals surface area contributed by atoms with Crippen molar-refractivity contribution in [1.82, 2.24) is 10.2 Å². The zero-order valence-corrected chi connectivity index (χ0v) is 16.2. The highest BCUT2D eigenvalue weighted by Gasteiger charge is 2.24. The van der Waals surface area contributed by atoms with Crippen molar-refractivity contribution in [2.24, 2.45) is 5.92 Å². The third kappa shape index (κ3) is 7.99. The van der Waals surface area contributed by atoms with Gasteiger partial charge in [0.25, 0.3) is 0 Å². The van der Waals surface area contributed by atoms with Gasteiger partial charge in [0.1, 0.15) is 0 Å². The van der Waals surface area contributed by atoms with Gasteiger partial charge in [0.05, 0.1) is 0 Å². The molecule has 0 bridgehead atoms. The summed E-state index contributed by atoms with van der Waals surface area (Å²) in [7, 11) is 1.71. The van der Waals surface area contributed by atoms with Crippen molar-refractivity contribution in [3.8, 4) is 0 Å². The lowest BCUT2D eigenvalue weighted by Crippen LogP contribution is -2.47. The second-order valence-electron chi connectivity index (χ2n) is 7.36. The molecule has 0 aromatic heterocycles. The van der Waals surface area contributed by atoms with E-state index in [-0.39, 0.29) is 18.5 Å². The first-order valence-corrected chi connectivity index (χ1v) is 9.88. The first kappa shape index (κ1) is 21.2. The fourth-order valence-corrected chi connectivity index (χ4v) is 3.62. The van der Waals surface area contributed by atoms with Gasteiger partial charge < -0.3 is 20.1 Å². The number of urea groups is 1. The maximum Gasteiger partial charge on any atom is 0.317 e. The number of rotatable bonds is 9. The van der Waals surface area contributed by atoms with Gasteiger partial charge in [-0.1, -0.05) is 36.8 Å². The Bertz CT molecular complexity index is 579. The number of ether oxygens (including phenoxy) is 1. The SMILES string of the molecule is COCCC1CCCCN(C(=O)NC(CCC(=O)O)Cc2ccccc2)C1. The summed E-state index contributed by atoms with van der Waals surface area (Å²) < 4.78 is 5.19. The second kappa shape index (κ2) is 11.6. The fraction of sp³-hybridized carbons (Fsp3) is 0.619. The number of hydrogen-bond acceptors (Lipinski definition) is 3. The predicted octanol–water partition coefficient (Wildman–Crippen LogP) is 3.31. The molecular formula is C21H32N2O4. The van der Waals surface area contributed by atoms with E-state index in [4.69, 9.17) is 9.84 Å². The zero-order chi connectivity index (χ0) is 19.5. The molecule has 1 aromatic carbocycles. The Morgan fingerprint density at radius 2 is 2.07 bits per heavy atom. The quantitative estimate of drug-likeness (QED) is 0.693. The summed E-state index contributed by atoms with van der Waals surface area (Å²) in [6.45, 7) is 2.22. The first-order valence-electron chi connectivity index (χ1n) is 9.88. The molecule has 1 saturated heterocycles. The standard InChI is InChI=1S/C21H32N2O4/c1-27-14-12-18-9-5-6-13-23(16-18)21(26)22-19(10-11-20(24)25)15-17-7-3-2-4-8-17/h2-4,7-8,18-19H,5-6,9-16H2,1H3,(H,22,26)(H,24,25). The molecule has 0 radical (unpaired) electrons. The minimum absolute atomic E-state index is 0.0498. The summed E-state index contributed by atoms with van der Waals surface area (Å²) in [5.74, 6) is -0.374. The molecule has 1 aliphatic heterocycles. The Hall–Kier alpha value is -2.08. The molecule has 2 rings (SSSR count). The van der Waals surface area contributed by atoms with Crippen LogP contribution >= 0.6 is 0 Å². The van der Waals surface area contributed by atoms with Gasteiger partial charge in [0, 0.05) is 39.3 Å². The van der Waals surface area contributed by atoms with E-state index in [2.05, 4.69) is 5.32 Å². The van der Waals surface area contributed by atoms with Crippen molar-refractivity contribution < 1.29 is 19.4 Å². The number of hydrogen-bond donors (Lipinski definition) is 2. The molecule has 6 heteroatoms. The van der Waals surface area contributed by atoms with Crippen LogP contribution in [0.15, 0.2) is 30.3 Å². The van der Waals surface area contributed by atoms with Crippen LogP contribution in [0.25, 0.3) is 0 Å². The summed E-state index contributed by atoms with van der Waals surface area (Å²) >= 11 is 0. The van der Waals surface area contributed by atoms with Crippen LogP contribution in [0.1, 0.15) is 44.1 Å². The van der Waals surface area contributed by atoms with Gasteiger partial charge in [0.2, 0.25) is 0 Å². The Balaban J connectivity index is 1.96. The normalized spacial score (nSPS) is 18.6. The molecule has 27 heavy (non-hydrogen) atoms. The van der Waals surface area contributed by atoms with Gasteiger partial charge in [-0.25, -0.2) is 4.79 Å². The molecule has 1 aromatic rings. The monoisotopic (exact) mass is 376 g/mol. The van der Waals surface area contributed by atoms with E-state index in [0.717, 1.165) is 50.9 Å². The molecule has 6 nitrogen and oxygen atoms in total. The van der Waals surface area contributed by atoms with E-state index in [0.29, 0.717) is 18.8 Å². The number of carboxylic acids is 1. The van der Waals surface area contributed by atoms with E-state index in [1.807, 2.05) is 35.2 Å². The molecule has 0 aliphatic carbocycles. The number of aliphatic carboxylic acids is 1. The molecule has 2 amide bonds. The molecule has 0 saturated carbocycles. The van der Waals surface area contributed by atoms with Crippen molar-refractivity contribution in [3.05, 3.63) is 35.9 Å². The number of benzene rings is 1. The lowest BCUT2D eigenvalue weighted by atomic mass is 10.00. The van der Waals surface area contributed by atoms with E-state index in [1.54, 1.807) is 7.11 Å². The zero-order valence-electron chi connectivity index (χ0n) is 16.2. The maximum absolute atomic E-state index is 12.9. The Morgan fingerprint density at radius 1 is 1.30 bits per heavy atom. The lowest BCUT2D eigenvalue weighted by molar-refractivity contribution is -0.137. The lowest BCUT2D eigenvalue weighted by Gasteiger charge is -2.27. The van der Waals surface area contributed by atoms with Crippen molar-refractivity contribution in [2.45, 2.75) is 51.0 Å². The number of carboxylic acid groups (broad SMARTS) is 1. The predicted molar refractivity (Wildman–Crippen MR) is 105 cm³/mol. The van der Waals surface area contributed by atoms with Crippen molar-refractivity contribution >= 4 is 12.0 Å². The van der Waals surface area contributed by atoms with Gasteiger partial charge in [-0.05, 0) is 43.6 Å². The summed E-state index contributed by atoms with van der Waals surface area (Å²) in [5.41, 5.74) is 1.10. The minimum Gasteiger partial charge on any atom is -0.481 e. The Morgan fingerprint density at radius 3 is 2.78 bits per heavy atom. The van der Waals surface area contributed by atoms with Crippen molar-refractivity contribution in [3.63, 3.8) is 0 Å². The summed E-state index contributed by atoms with van der Waals surface area (Å²) in [6.07, 6.45) is 5.35. The summed E-state index contributed by atoms with van der Waals surface area (Å²) in [6, 6.07) is 9.62. The van der Waals surface area contributed by atoms with Crippen LogP contribution in [0.3, 0.4) is 0 Å². The number of methoxy groups -OCH3 is 1. The highest BCUT2D eigenvalue weighted by atomic mass is 16.5. The topological polar surface area (TPSA) is 78.9 Å². The third-order valence-electron chi connectivity index (χ3n) is 5.15. The molecule has 1 heterocycles. The highest BCUT2D eigenvalue weighted by Crippen LogP contribution is 2.20. The summed E-state index contributed by atoms with van der Waals surface area (Å²) in [5, 5.41) is 12.1. The summed E-state index contributed by atoms with van der Waals surface area (Å²) in [4.78, 5) is 25.7. The second-order valence-corrected chi connectivity index (χ2v) is 7.36. The average Bonchev–Trinajstić information content (AvgIpc) is 2.91. The maximum atomic E-state index is 12.9. The van der Waals surface area contributed by atoms with Crippen LogP contribution in [0, 0.1) is 5.92 Å². The van der Waals surface area contributed by atoms with E-state index in [1.165, 1.54) is 0 Å². The van der Waals surface area contributed by atoms with Crippen molar-refractivity contribution in [1.29, 1.82) is 0 Å². The molecule has 2 atom stereocenters. The fourth-order valence-electron chi connectivity index (χ4n) is 3.62. The van der Waals surface area contributed by atoms with E-state index in [9.17, 15) is 9.59 Å². The number of nitrogens with zero attached hydrogens (tertiary/aromatic N) is 1. The number of amides is 2. The molecule has 150 valence electrons. The van der Waals surface area contributed by atoms with Crippen LogP contribution in [0.2, 0.25) is 0 Å². The molecule has 2 N–H and O–H groups in total. The number of carbonyl (C=O) groups excluding carboxylic acids is 1. The van der Waals surface area contributed by atoms with Crippen LogP contribution in [-0.4, -0.2) is 54.9 Å². The van der Waals surface area contributed by atoms with Gasteiger partial charge >= 0.3 is 12.0 Å². The van der Waals surface area contributed by atoms with E-state index >= 15 is 0 Å². The van der Waals surface area contributed by atoms with Gasteiger partial charge in [-0.3, -0.25) is 4.79 Å². The Kier molecular flexibility index (Phi) is 9.11. The Labute approximate surface area is 161 Å². The van der Waals surface area contributed by atoms with Gasteiger partial charge in [-0.15, -0.1) is 0 Å². The number of carbonyl (C=O) groups is 2. The van der Waals surface area contributed by atoms with Crippen LogP contribution in [0.4, 0.5) is 4.79 Å². The van der Waals surface area contributed by atoms with Crippen LogP contribution in [0.5, 0.6) is 0 Å². The largest absolute Gasteiger partial charge is 0.481 e.